The van der Waals surface area contributed by atoms with E-state index < -0.39 is 16.1 Å². The monoisotopic (exact) mass is 452 g/mol. The number of rotatable bonds is 9. The minimum Gasteiger partial charge on any atom is -0.355 e. The first-order valence-corrected chi connectivity index (χ1v) is 10.4. The second kappa shape index (κ2) is 9.58. The average Bonchev–Trinajstić information content (AvgIpc) is 2.49. The van der Waals surface area contributed by atoms with E-state index in [1.807, 2.05) is 13.8 Å². The Hall–Kier alpha value is -0.670. The van der Waals surface area contributed by atoms with Crippen molar-refractivity contribution in [3.05, 3.63) is 27.8 Å². The predicted molar refractivity (Wildman–Crippen MR) is 101 cm³/mol. The van der Waals surface area contributed by atoms with Gasteiger partial charge in [-0.25, -0.2) is 8.42 Å². The number of nitrogens with one attached hydrogen (secondary N) is 2. The summed E-state index contributed by atoms with van der Waals surface area (Å²) < 4.78 is 28.4. The van der Waals surface area contributed by atoms with E-state index in [-0.39, 0.29) is 16.7 Å². The molecule has 2 N–H and O–H groups in total. The number of carbonyl (C=O) groups excluding carboxylic acids is 1. The summed E-state index contributed by atoms with van der Waals surface area (Å²) in [6.07, 6.45) is 3.01. The topological polar surface area (TPSA) is 75.3 Å². The Balaban J connectivity index is 2.78. The Morgan fingerprint density at radius 2 is 1.78 bits per heavy atom. The van der Waals surface area contributed by atoms with Crippen molar-refractivity contribution in [2.24, 2.45) is 5.92 Å². The zero-order valence-corrected chi connectivity index (χ0v) is 16.8. The third kappa shape index (κ3) is 6.76. The zero-order chi connectivity index (χ0) is 17.5. The lowest BCUT2D eigenvalue weighted by molar-refractivity contribution is -0.123. The van der Waals surface area contributed by atoms with Gasteiger partial charge in [-0.3, -0.25) is 4.79 Å². The molecule has 1 rings (SSSR count). The summed E-state index contributed by atoms with van der Waals surface area (Å²) >= 11 is 2.11. The highest BCUT2D eigenvalue weighted by Crippen LogP contribution is 2.14. The van der Waals surface area contributed by atoms with E-state index in [2.05, 4.69) is 39.6 Å². The van der Waals surface area contributed by atoms with Crippen LogP contribution in [0.1, 0.15) is 40.0 Å². The van der Waals surface area contributed by atoms with Crippen LogP contribution < -0.4 is 10.0 Å². The first-order chi connectivity index (χ1) is 10.8. The maximum Gasteiger partial charge on any atom is 0.241 e. The molecule has 1 aromatic rings. The van der Waals surface area contributed by atoms with E-state index >= 15 is 0 Å². The molecule has 23 heavy (non-hydrogen) atoms. The van der Waals surface area contributed by atoms with E-state index in [1.165, 1.54) is 0 Å². The summed E-state index contributed by atoms with van der Waals surface area (Å²) in [6.45, 7) is 6.31. The molecule has 0 heterocycles. The first-order valence-electron chi connectivity index (χ1n) is 7.83. The van der Waals surface area contributed by atoms with Crippen molar-refractivity contribution < 1.29 is 13.2 Å². The highest BCUT2D eigenvalue weighted by Gasteiger charge is 2.28. The molecule has 1 aromatic carbocycles. The fourth-order valence-electron chi connectivity index (χ4n) is 2.04. The molecule has 5 nitrogen and oxygen atoms in total. The van der Waals surface area contributed by atoms with Gasteiger partial charge in [-0.15, -0.1) is 0 Å². The van der Waals surface area contributed by atoms with Gasteiger partial charge in [0.2, 0.25) is 15.9 Å². The number of benzene rings is 1. The molecule has 0 fully saturated rings. The minimum absolute atomic E-state index is 0.139. The molecule has 1 amide bonds. The molecule has 0 aliphatic heterocycles. The van der Waals surface area contributed by atoms with Gasteiger partial charge in [0.1, 0.15) is 6.04 Å². The Bertz CT molecular complexity index is 600. The number of hydrogen-bond acceptors (Lipinski definition) is 3. The van der Waals surface area contributed by atoms with E-state index in [0.29, 0.717) is 6.54 Å². The summed E-state index contributed by atoms with van der Waals surface area (Å²) in [5.74, 6) is -0.412. The standard InChI is InChI=1S/C16H25IN2O3S/c1-4-5-6-11-18-16(20)15(12(2)3)19-23(21,22)14-9-7-13(17)8-10-14/h7-10,12,15,19H,4-6,11H2,1-3H3,(H,18,20)/t15-/m1/s1. The second-order valence-corrected chi connectivity index (χ2v) is 8.75. The number of carbonyl (C=O) groups is 1. The van der Waals surface area contributed by atoms with Crippen molar-refractivity contribution >= 4 is 38.5 Å². The maximum atomic E-state index is 12.4. The summed E-state index contributed by atoms with van der Waals surface area (Å²) in [5.41, 5.74) is 0. The van der Waals surface area contributed by atoms with Gasteiger partial charge in [0, 0.05) is 10.1 Å². The predicted octanol–water partition coefficient (Wildman–Crippen LogP) is 2.90. The molecule has 0 saturated carbocycles. The fourth-order valence-corrected chi connectivity index (χ4v) is 3.74. The van der Waals surface area contributed by atoms with Crippen molar-refractivity contribution in [2.75, 3.05) is 6.54 Å². The van der Waals surface area contributed by atoms with Crippen molar-refractivity contribution in [3.8, 4) is 0 Å². The molecule has 0 radical (unpaired) electrons. The van der Waals surface area contributed by atoms with E-state index in [1.54, 1.807) is 24.3 Å². The van der Waals surface area contributed by atoms with Gasteiger partial charge in [-0.2, -0.15) is 4.72 Å². The molecule has 7 heteroatoms. The van der Waals surface area contributed by atoms with Gasteiger partial charge in [0.15, 0.2) is 0 Å². The average molecular weight is 452 g/mol. The van der Waals surface area contributed by atoms with Crippen LogP contribution in [0.5, 0.6) is 0 Å². The number of sulfonamides is 1. The van der Waals surface area contributed by atoms with Crippen molar-refractivity contribution in [3.63, 3.8) is 0 Å². The minimum atomic E-state index is -3.72. The molecule has 0 aliphatic carbocycles. The molecule has 1 atom stereocenters. The van der Waals surface area contributed by atoms with Gasteiger partial charge >= 0.3 is 0 Å². The summed E-state index contributed by atoms with van der Waals surface area (Å²) in [4.78, 5) is 12.4. The quantitative estimate of drug-likeness (QED) is 0.447. The van der Waals surface area contributed by atoms with Crippen LogP contribution in [0.2, 0.25) is 0 Å². The number of hydrogen-bond donors (Lipinski definition) is 2. The van der Waals surface area contributed by atoms with Gasteiger partial charge in [-0.05, 0) is 59.2 Å². The Kier molecular flexibility index (Phi) is 8.49. The van der Waals surface area contributed by atoms with Crippen molar-refractivity contribution in [2.45, 2.75) is 51.0 Å². The maximum absolute atomic E-state index is 12.4. The van der Waals surface area contributed by atoms with Crippen LogP contribution in [-0.4, -0.2) is 26.9 Å². The Morgan fingerprint density at radius 1 is 1.17 bits per heavy atom. The highest BCUT2D eigenvalue weighted by molar-refractivity contribution is 14.1. The molecule has 0 aliphatic rings. The van der Waals surface area contributed by atoms with Gasteiger partial charge < -0.3 is 5.32 Å². The molecule has 0 aromatic heterocycles. The van der Waals surface area contributed by atoms with Crippen molar-refractivity contribution in [1.29, 1.82) is 0 Å². The molecule has 130 valence electrons. The fraction of sp³-hybridized carbons (Fsp3) is 0.562. The normalized spacial score (nSPS) is 13.1. The van der Waals surface area contributed by atoms with Gasteiger partial charge in [0.05, 0.1) is 4.90 Å². The first kappa shape index (κ1) is 20.4. The Labute approximate surface area is 152 Å². The van der Waals surface area contributed by atoms with Crippen molar-refractivity contribution in [1.82, 2.24) is 10.0 Å². The number of halogens is 1. The summed E-state index contributed by atoms with van der Waals surface area (Å²) in [5, 5.41) is 2.81. The molecule has 0 saturated heterocycles. The molecular formula is C16H25IN2O3S. The van der Waals surface area contributed by atoms with Gasteiger partial charge in [0.25, 0.3) is 0 Å². The molecular weight excluding hydrogens is 427 g/mol. The zero-order valence-electron chi connectivity index (χ0n) is 13.8. The third-order valence-corrected chi connectivity index (χ3v) is 5.61. The van der Waals surface area contributed by atoms with E-state index in [4.69, 9.17) is 0 Å². The SMILES string of the molecule is CCCCCNC(=O)[C@H](NS(=O)(=O)c1ccc(I)cc1)C(C)C. The summed E-state index contributed by atoms with van der Waals surface area (Å²) in [6, 6.07) is 5.76. The van der Waals surface area contributed by atoms with Gasteiger partial charge in [-0.1, -0.05) is 33.6 Å². The van der Waals surface area contributed by atoms with E-state index in [9.17, 15) is 13.2 Å². The third-order valence-electron chi connectivity index (χ3n) is 3.43. The summed E-state index contributed by atoms with van der Waals surface area (Å²) in [7, 11) is -3.72. The molecule has 0 bridgehead atoms. The largest absolute Gasteiger partial charge is 0.355 e. The Morgan fingerprint density at radius 3 is 2.30 bits per heavy atom. The van der Waals surface area contributed by atoms with Crippen LogP contribution >= 0.6 is 22.6 Å². The van der Waals surface area contributed by atoms with Crippen LogP contribution in [0.3, 0.4) is 0 Å². The van der Waals surface area contributed by atoms with Crippen LogP contribution in [0.15, 0.2) is 29.2 Å². The second-order valence-electron chi connectivity index (χ2n) is 5.80. The van der Waals surface area contributed by atoms with E-state index in [0.717, 1.165) is 22.8 Å². The van der Waals surface area contributed by atoms with Crippen LogP contribution in [0, 0.1) is 9.49 Å². The highest BCUT2D eigenvalue weighted by atomic mass is 127. The lowest BCUT2D eigenvalue weighted by Crippen LogP contribution is -2.49. The van der Waals surface area contributed by atoms with Crippen LogP contribution in [-0.2, 0) is 14.8 Å². The van der Waals surface area contributed by atoms with Crippen LogP contribution in [0.25, 0.3) is 0 Å². The number of amides is 1. The molecule has 0 spiro atoms. The number of unbranched alkanes of at least 4 members (excludes halogenated alkanes) is 2. The lowest BCUT2D eigenvalue weighted by Gasteiger charge is -2.21. The smallest absolute Gasteiger partial charge is 0.241 e. The lowest BCUT2D eigenvalue weighted by atomic mass is 10.1. The molecule has 0 unspecified atom stereocenters. The van der Waals surface area contributed by atoms with Crippen LogP contribution in [0.4, 0.5) is 0 Å².